The zero-order valence-corrected chi connectivity index (χ0v) is 10.4. The molecule has 0 aromatic carbocycles. The van der Waals surface area contributed by atoms with Gasteiger partial charge in [0.2, 0.25) is 17.7 Å². The summed E-state index contributed by atoms with van der Waals surface area (Å²) in [5, 5.41) is 1.77. The van der Waals surface area contributed by atoms with Crippen LogP contribution in [0.25, 0.3) is 0 Å². The van der Waals surface area contributed by atoms with Gasteiger partial charge in [0.1, 0.15) is 6.04 Å². The van der Waals surface area contributed by atoms with E-state index in [2.05, 4.69) is 0 Å². The SMILES string of the molecule is NC(=O)CN(CC(N)=O)C(=O)C(N)c1cccs1. The number of thiophene rings is 1. The minimum atomic E-state index is -0.927. The van der Waals surface area contributed by atoms with Crippen molar-refractivity contribution >= 4 is 29.1 Å². The number of nitrogens with two attached hydrogens (primary N) is 3. The molecular weight excluding hydrogens is 256 g/mol. The fraction of sp³-hybridized carbons (Fsp3) is 0.300. The molecule has 98 valence electrons. The Labute approximate surface area is 108 Å². The fourth-order valence-electron chi connectivity index (χ4n) is 1.37. The van der Waals surface area contributed by atoms with Crippen LogP contribution < -0.4 is 17.2 Å². The van der Waals surface area contributed by atoms with Crippen molar-refractivity contribution < 1.29 is 14.4 Å². The topological polar surface area (TPSA) is 133 Å². The highest BCUT2D eigenvalue weighted by atomic mass is 32.1. The fourth-order valence-corrected chi connectivity index (χ4v) is 2.09. The van der Waals surface area contributed by atoms with Crippen LogP contribution in [0.15, 0.2) is 17.5 Å². The van der Waals surface area contributed by atoms with Crippen LogP contribution >= 0.6 is 11.3 Å². The van der Waals surface area contributed by atoms with E-state index in [1.54, 1.807) is 17.5 Å². The summed E-state index contributed by atoms with van der Waals surface area (Å²) in [6.07, 6.45) is 0. The van der Waals surface area contributed by atoms with Gasteiger partial charge in [-0.2, -0.15) is 0 Å². The lowest BCUT2D eigenvalue weighted by atomic mass is 10.2. The maximum atomic E-state index is 12.0. The van der Waals surface area contributed by atoms with Gasteiger partial charge in [0.05, 0.1) is 13.1 Å². The third-order valence-corrected chi connectivity index (χ3v) is 3.08. The molecule has 1 atom stereocenters. The first-order valence-corrected chi connectivity index (χ1v) is 5.94. The van der Waals surface area contributed by atoms with Gasteiger partial charge in [-0.3, -0.25) is 14.4 Å². The minimum absolute atomic E-state index is 0.388. The number of carbonyl (C=O) groups excluding carboxylic acids is 3. The average molecular weight is 270 g/mol. The predicted molar refractivity (Wildman–Crippen MR) is 66.2 cm³/mol. The smallest absolute Gasteiger partial charge is 0.245 e. The zero-order chi connectivity index (χ0) is 13.7. The van der Waals surface area contributed by atoms with Crippen molar-refractivity contribution in [2.45, 2.75) is 6.04 Å². The van der Waals surface area contributed by atoms with E-state index < -0.39 is 23.8 Å². The molecular formula is C10H14N4O3S. The second kappa shape index (κ2) is 6.12. The van der Waals surface area contributed by atoms with E-state index in [4.69, 9.17) is 17.2 Å². The number of primary amides is 2. The standard InChI is InChI=1S/C10H14N4O3S/c11-7(15)4-14(5-8(12)16)10(17)9(13)6-2-1-3-18-6/h1-3,9H,4-5,13H2,(H2,11,15)(H2,12,16). The monoisotopic (exact) mass is 270 g/mol. The van der Waals surface area contributed by atoms with Crippen molar-refractivity contribution in [2.75, 3.05) is 13.1 Å². The quantitative estimate of drug-likeness (QED) is 0.583. The van der Waals surface area contributed by atoms with Crippen molar-refractivity contribution in [2.24, 2.45) is 17.2 Å². The van der Waals surface area contributed by atoms with Gasteiger partial charge in [-0.05, 0) is 11.4 Å². The number of rotatable bonds is 6. The first-order chi connectivity index (χ1) is 8.41. The van der Waals surface area contributed by atoms with Crippen LogP contribution in [0.2, 0.25) is 0 Å². The van der Waals surface area contributed by atoms with Crippen LogP contribution in [-0.4, -0.2) is 35.7 Å². The molecule has 0 saturated heterocycles. The highest BCUT2D eigenvalue weighted by Crippen LogP contribution is 2.18. The molecule has 0 fully saturated rings. The van der Waals surface area contributed by atoms with Crippen LogP contribution in [0.3, 0.4) is 0 Å². The predicted octanol–water partition coefficient (Wildman–Crippen LogP) is -1.45. The van der Waals surface area contributed by atoms with E-state index in [9.17, 15) is 14.4 Å². The molecule has 7 nitrogen and oxygen atoms in total. The van der Waals surface area contributed by atoms with Gasteiger partial charge in [-0.25, -0.2) is 0 Å². The molecule has 0 bridgehead atoms. The summed E-state index contributed by atoms with van der Waals surface area (Å²) in [6, 6.07) is 2.52. The summed E-state index contributed by atoms with van der Waals surface area (Å²) in [7, 11) is 0. The number of amides is 3. The van der Waals surface area contributed by atoms with Gasteiger partial charge < -0.3 is 22.1 Å². The Morgan fingerprint density at radius 3 is 2.17 bits per heavy atom. The van der Waals surface area contributed by atoms with Gasteiger partial charge in [0, 0.05) is 4.88 Å². The van der Waals surface area contributed by atoms with Crippen molar-refractivity contribution in [3.05, 3.63) is 22.4 Å². The summed E-state index contributed by atoms with van der Waals surface area (Å²) >= 11 is 1.31. The molecule has 1 aromatic heterocycles. The molecule has 3 amide bonds. The van der Waals surface area contributed by atoms with Crippen LogP contribution in [-0.2, 0) is 14.4 Å². The molecule has 0 spiro atoms. The number of hydrogen-bond donors (Lipinski definition) is 3. The Morgan fingerprint density at radius 2 is 1.78 bits per heavy atom. The molecule has 0 radical (unpaired) electrons. The lowest BCUT2D eigenvalue weighted by molar-refractivity contribution is -0.139. The molecule has 0 aliphatic carbocycles. The van der Waals surface area contributed by atoms with Crippen LogP contribution in [0.5, 0.6) is 0 Å². The molecule has 1 rings (SSSR count). The lowest BCUT2D eigenvalue weighted by Gasteiger charge is -2.22. The molecule has 6 N–H and O–H groups in total. The number of hydrogen-bond acceptors (Lipinski definition) is 5. The van der Waals surface area contributed by atoms with Gasteiger partial charge >= 0.3 is 0 Å². The van der Waals surface area contributed by atoms with E-state index in [1.807, 2.05) is 0 Å². The Morgan fingerprint density at radius 1 is 1.22 bits per heavy atom. The molecule has 1 heterocycles. The lowest BCUT2D eigenvalue weighted by Crippen LogP contribution is -2.46. The van der Waals surface area contributed by atoms with E-state index in [1.165, 1.54) is 11.3 Å². The maximum Gasteiger partial charge on any atom is 0.245 e. The van der Waals surface area contributed by atoms with Gasteiger partial charge in [-0.15, -0.1) is 11.3 Å². The molecule has 1 aromatic rings. The molecule has 0 saturated carbocycles. The van der Waals surface area contributed by atoms with E-state index in [0.29, 0.717) is 4.88 Å². The molecule has 18 heavy (non-hydrogen) atoms. The number of nitrogens with zero attached hydrogens (tertiary/aromatic N) is 1. The molecule has 8 heteroatoms. The summed E-state index contributed by atoms with van der Waals surface area (Å²) in [5.41, 5.74) is 15.8. The van der Waals surface area contributed by atoms with Gasteiger partial charge in [-0.1, -0.05) is 6.07 Å². The van der Waals surface area contributed by atoms with Crippen LogP contribution in [0, 0.1) is 0 Å². The minimum Gasteiger partial charge on any atom is -0.368 e. The first-order valence-electron chi connectivity index (χ1n) is 5.06. The van der Waals surface area contributed by atoms with Crippen LogP contribution in [0.4, 0.5) is 0 Å². The second-order valence-electron chi connectivity index (χ2n) is 3.62. The molecule has 1 unspecified atom stereocenters. The number of carbonyl (C=O) groups is 3. The third-order valence-electron chi connectivity index (χ3n) is 2.12. The highest BCUT2D eigenvalue weighted by molar-refractivity contribution is 7.10. The average Bonchev–Trinajstić information content (AvgIpc) is 2.78. The highest BCUT2D eigenvalue weighted by Gasteiger charge is 2.25. The summed E-state index contributed by atoms with van der Waals surface area (Å²) in [5.74, 6) is -2.03. The van der Waals surface area contributed by atoms with Gasteiger partial charge in [0.25, 0.3) is 0 Å². The van der Waals surface area contributed by atoms with Crippen molar-refractivity contribution in [1.82, 2.24) is 4.90 Å². The summed E-state index contributed by atoms with van der Waals surface area (Å²) in [6.45, 7) is -0.776. The normalized spacial score (nSPS) is 11.8. The molecule has 0 aliphatic heterocycles. The second-order valence-corrected chi connectivity index (χ2v) is 4.60. The maximum absolute atomic E-state index is 12.0. The zero-order valence-electron chi connectivity index (χ0n) is 9.54. The Balaban J connectivity index is 2.81. The van der Waals surface area contributed by atoms with Crippen molar-refractivity contribution in [3.8, 4) is 0 Å². The summed E-state index contributed by atoms with van der Waals surface area (Å²) in [4.78, 5) is 35.3. The Bertz CT molecular complexity index is 430. The molecule has 0 aliphatic rings. The Hall–Kier alpha value is -1.93. The third kappa shape index (κ3) is 3.82. The first kappa shape index (κ1) is 14.1. The largest absolute Gasteiger partial charge is 0.368 e. The van der Waals surface area contributed by atoms with Gasteiger partial charge in [0.15, 0.2) is 0 Å². The van der Waals surface area contributed by atoms with E-state index in [-0.39, 0.29) is 13.1 Å². The van der Waals surface area contributed by atoms with E-state index >= 15 is 0 Å². The van der Waals surface area contributed by atoms with Crippen LogP contribution in [0.1, 0.15) is 10.9 Å². The van der Waals surface area contributed by atoms with Crippen molar-refractivity contribution in [3.63, 3.8) is 0 Å². The van der Waals surface area contributed by atoms with Crippen molar-refractivity contribution in [1.29, 1.82) is 0 Å². The summed E-state index contributed by atoms with van der Waals surface area (Å²) < 4.78 is 0. The van der Waals surface area contributed by atoms with E-state index in [0.717, 1.165) is 4.90 Å². The Kier molecular flexibility index (Phi) is 4.81.